The predicted octanol–water partition coefficient (Wildman–Crippen LogP) is 3.57. The fourth-order valence-corrected chi connectivity index (χ4v) is 4.35. The number of hydrogen-bond donors (Lipinski definition) is 1. The minimum absolute atomic E-state index is 0.0499. The van der Waals surface area contributed by atoms with E-state index in [0.717, 1.165) is 49.5 Å². The van der Waals surface area contributed by atoms with Gasteiger partial charge in [-0.25, -0.2) is 0 Å². The number of ether oxygens (including phenoxy) is 1. The van der Waals surface area contributed by atoms with Crippen molar-refractivity contribution in [3.63, 3.8) is 0 Å². The lowest BCUT2D eigenvalue weighted by Gasteiger charge is -2.35. The maximum absolute atomic E-state index is 12.9. The van der Waals surface area contributed by atoms with Crippen LogP contribution < -0.4 is 10.1 Å². The summed E-state index contributed by atoms with van der Waals surface area (Å²) in [6.07, 6.45) is 4.72. The third kappa shape index (κ3) is 5.85. The Morgan fingerprint density at radius 1 is 0.935 bits per heavy atom. The second-order valence-corrected chi connectivity index (χ2v) is 8.34. The normalized spacial score (nSPS) is 20.1. The monoisotopic (exact) mass is 421 g/mol. The molecule has 0 saturated carbocycles. The van der Waals surface area contributed by atoms with Gasteiger partial charge in [0.25, 0.3) is 0 Å². The molecule has 2 aromatic rings. The topological polar surface area (TPSA) is 61.9 Å². The molecule has 164 valence electrons. The van der Waals surface area contributed by atoms with E-state index >= 15 is 0 Å². The minimum Gasteiger partial charge on any atom is -0.457 e. The van der Waals surface area contributed by atoms with Crippen molar-refractivity contribution >= 4 is 11.8 Å². The fourth-order valence-electron chi connectivity index (χ4n) is 4.35. The van der Waals surface area contributed by atoms with Crippen molar-refractivity contribution in [3.8, 4) is 11.5 Å². The summed E-state index contributed by atoms with van der Waals surface area (Å²) in [7, 11) is 0. The van der Waals surface area contributed by atoms with Crippen LogP contribution in [0.25, 0.3) is 0 Å². The molecular formula is C25H31N3O3. The number of rotatable bonds is 6. The molecule has 2 amide bonds. The van der Waals surface area contributed by atoms with Gasteiger partial charge >= 0.3 is 0 Å². The van der Waals surface area contributed by atoms with Crippen molar-refractivity contribution < 1.29 is 14.3 Å². The summed E-state index contributed by atoms with van der Waals surface area (Å²) >= 11 is 0. The molecule has 31 heavy (non-hydrogen) atoms. The summed E-state index contributed by atoms with van der Waals surface area (Å²) in [6.45, 7) is 3.57. The Balaban J connectivity index is 1.42. The van der Waals surface area contributed by atoms with Crippen LogP contribution in [0.4, 0.5) is 0 Å². The highest BCUT2D eigenvalue weighted by Crippen LogP contribution is 2.24. The van der Waals surface area contributed by atoms with Gasteiger partial charge in [0, 0.05) is 32.7 Å². The van der Waals surface area contributed by atoms with Crippen LogP contribution in [0.1, 0.15) is 37.7 Å². The van der Waals surface area contributed by atoms with Crippen molar-refractivity contribution in [2.75, 3.05) is 26.2 Å². The van der Waals surface area contributed by atoms with Gasteiger partial charge in [0.05, 0.1) is 12.5 Å². The largest absolute Gasteiger partial charge is 0.457 e. The highest BCUT2D eigenvalue weighted by molar-refractivity contribution is 5.88. The van der Waals surface area contributed by atoms with Gasteiger partial charge in [0.2, 0.25) is 11.8 Å². The van der Waals surface area contributed by atoms with E-state index in [2.05, 4.69) is 10.2 Å². The first-order valence-corrected chi connectivity index (χ1v) is 11.3. The van der Waals surface area contributed by atoms with Crippen molar-refractivity contribution in [3.05, 3.63) is 60.2 Å². The number of nitrogens with zero attached hydrogens (tertiary/aromatic N) is 2. The Morgan fingerprint density at radius 3 is 2.45 bits per heavy atom. The summed E-state index contributed by atoms with van der Waals surface area (Å²) < 4.78 is 5.95. The van der Waals surface area contributed by atoms with E-state index in [-0.39, 0.29) is 18.2 Å². The molecule has 0 spiro atoms. The van der Waals surface area contributed by atoms with Crippen LogP contribution in [-0.4, -0.2) is 53.8 Å². The first kappa shape index (κ1) is 21.4. The minimum atomic E-state index is -0.428. The van der Waals surface area contributed by atoms with Crippen LogP contribution in [-0.2, 0) is 16.1 Å². The zero-order valence-corrected chi connectivity index (χ0v) is 18.0. The van der Waals surface area contributed by atoms with E-state index in [0.29, 0.717) is 13.1 Å². The molecule has 6 heteroatoms. The number of nitrogens with one attached hydrogen (secondary N) is 1. The summed E-state index contributed by atoms with van der Waals surface area (Å²) in [5, 5.41) is 2.94. The maximum atomic E-state index is 12.9. The van der Waals surface area contributed by atoms with E-state index in [1.54, 1.807) is 0 Å². The van der Waals surface area contributed by atoms with Crippen molar-refractivity contribution in [2.45, 2.75) is 44.7 Å². The van der Waals surface area contributed by atoms with E-state index in [4.69, 9.17) is 4.74 Å². The Labute approximate surface area is 184 Å². The number of carbonyl (C=O) groups is 2. The molecule has 1 N–H and O–H groups in total. The SMILES string of the molecule is O=C1NCCN(Cc2cccc(Oc3ccccc3)c2)C1CC(=O)N1CCCCCC1. The number of benzene rings is 2. The molecule has 1 unspecified atom stereocenters. The summed E-state index contributed by atoms with van der Waals surface area (Å²) in [5.41, 5.74) is 1.07. The van der Waals surface area contributed by atoms with E-state index < -0.39 is 6.04 Å². The van der Waals surface area contributed by atoms with Gasteiger partial charge in [-0.1, -0.05) is 43.2 Å². The Morgan fingerprint density at radius 2 is 1.68 bits per heavy atom. The third-order valence-electron chi connectivity index (χ3n) is 6.03. The lowest BCUT2D eigenvalue weighted by Crippen LogP contribution is -2.56. The number of likely N-dealkylation sites (tertiary alicyclic amines) is 1. The van der Waals surface area contributed by atoms with Crippen LogP contribution >= 0.6 is 0 Å². The first-order valence-electron chi connectivity index (χ1n) is 11.3. The molecule has 6 nitrogen and oxygen atoms in total. The number of hydrogen-bond acceptors (Lipinski definition) is 4. The van der Waals surface area contributed by atoms with Gasteiger partial charge in [0.1, 0.15) is 11.5 Å². The maximum Gasteiger partial charge on any atom is 0.237 e. The zero-order chi connectivity index (χ0) is 21.5. The molecule has 1 atom stereocenters. The van der Waals surface area contributed by atoms with Gasteiger partial charge in [-0.15, -0.1) is 0 Å². The second-order valence-electron chi connectivity index (χ2n) is 8.34. The lowest BCUT2D eigenvalue weighted by molar-refractivity contribution is -0.139. The van der Waals surface area contributed by atoms with Crippen LogP contribution in [0.2, 0.25) is 0 Å². The van der Waals surface area contributed by atoms with Gasteiger partial charge in [-0.05, 0) is 42.7 Å². The molecular weight excluding hydrogens is 390 g/mol. The van der Waals surface area contributed by atoms with E-state index in [1.807, 2.05) is 59.5 Å². The zero-order valence-electron chi connectivity index (χ0n) is 18.0. The molecule has 0 aliphatic carbocycles. The standard InChI is InChI=1S/C25H31N3O3/c29-24(27-14-6-1-2-7-15-27)18-23-25(30)26-13-16-28(23)19-20-9-8-12-22(17-20)31-21-10-4-3-5-11-21/h3-5,8-12,17,23H,1-2,6-7,13-16,18-19H2,(H,26,30). The van der Waals surface area contributed by atoms with Crippen molar-refractivity contribution in [1.82, 2.24) is 15.1 Å². The van der Waals surface area contributed by atoms with Crippen molar-refractivity contribution in [1.29, 1.82) is 0 Å². The summed E-state index contributed by atoms with van der Waals surface area (Å²) in [5.74, 6) is 1.60. The molecule has 0 radical (unpaired) electrons. The lowest BCUT2D eigenvalue weighted by atomic mass is 10.1. The number of carbonyl (C=O) groups excluding carboxylic acids is 2. The number of para-hydroxylation sites is 1. The molecule has 2 aliphatic heterocycles. The Kier molecular flexibility index (Phi) is 7.20. The molecule has 0 bridgehead atoms. The number of piperazine rings is 1. The highest BCUT2D eigenvalue weighted by atomic mass is 16.5. The molecule has 2 aromatic carbocycles. The first-order chi connectivity index (χ1) is 15.2. The summed E-state index contributed by atoms with van der Waals surface area (Å²) in [4.78, 5) is 29.6. The predicted molar refractivity (Wildman–Crippen MR) is 120 cm³/mol. The molecule has 2 aliphatic rings. The van der Waals surface area contributed by atoms with Crippen LogP contribution in [0, 0.1) is 0 Å². The van der Waals surface area contributed by atoms with Gasteiger partial charge in [-0.3, -0.25) is 14.5 Å². The van der Waals surface area contributed by atoms with Gasteiger partial charge < -0.3 is 15.0 Å². The molecule has 2 saturated heterocycles. The highest BCUT2D eigenvalue weighted by Gasteiger charge is 2.33. The second kappa shape index (κ2) is 10.4. The molecule has 2 fully saturated rings. The van der Waals surface area contributed by atoms with Crippen molar-refractivity contribution in [2.24, 2.45) is 0 Å². The molecule has 2 heterocycles. The molecule has 4 rings (SSSR count). The average molecular weight is 422 g/mol. The average Bonchev–Trinajstić information content (AvgIpc) is 3.07. The summed E-state index contributed by atoms with van der Waals surface area (Å²) in [6, 6.07) is 17.2. The Bertz CT molecular complexity index is 879. The Hall–Kier alpha value is -2.86. The van der Waals surface area contributed by atoms with Crippen LogP contribution in [0.3, 0.4) is 0 Å². The van der Waals surface area contributed by atoms with Crippen LogP contribution in [0.5, 0.6) is 11.5 Å². The smallest absolute Gasteiger partial charge is 0.237 e. The fraction of sp³-hybridized carbons (Fsp3) is 0.440. The molecule has 0 aromatic heterocycles. The van der Waals surface area contributed by atoms with Gasteiger partial charge in [-0.2, -0.15) is 0 Å². The number of amides is 2. The van der Waals surface area contributed by atoms with Gasteiger partial charge in [0.15, 0.2) is 0 Å². The quantitative estimate of drug-likeness (QED) is 0.775. The van der Waals surface area contributed by atoms with Crippen LogP contribution in [0.15, 0.2) is 54.6 Å². The van der Waals surface area contributed by atoms with E-state index in [9.17, 15) is 9.59 Å². The third-order valence-corrected chi connectivity index (χ3v) is 6.03. The van der Waals surface area contributed by atoms with E-state index in [1.165, 1.54) is 12.8 Å².